The van der Waals surface area contributed by atoms with Crippen molar-refractivity contribution in [3.63, 3.8) is 0 Å². The predicted octanol–water partition coefficient (Wildman–Crippen LogP) is 2.73. The molecule has 1 N–H and O–H groups in total. The van der Waals surface area contributed by atoms with E-state index in [-0.39, 0.29) is 18.4 Å². The Morgan fingerprint density at radius 1 is 1.30 bits per heavy atom. The van der Waals surface area contributed by atoms with Gasteiger partial charge >= 0.3 is 0 Å². The minimum absolute atomic E-state index is 0.0414. The van der Waals surface area contributed by atoms with E-state index in [9.17, 15) is 14.9 Å². The molecule has 0 aromatic heterocycles. The molecule has 0 radical (unpaired) electrons. The van der Waals surface area contributed by atoms with Gasteiger partial charge in [0, 0.05) is 12.7 Å². The van der Waals surface area contributed by atoms with E-state index in [0.717, 1.165) is 30.5 Å². The third kappa shape index (κ3) is 3.70. The fraction of sp³-hybridized carbons (Fsp3) is 0.500. The first-order valence-electron chi connectivity index (χ1n) is 8.07. The number of hydrogen-bond acceptors (Lipinski definition) is 3. The Labute approximate surface area is 137 Å². The summed E-state index contributed by atoms with van der Waals surface area (Å²) in [5.74, 6) is -0.482. The number of amides is 2. The molecule has 0 bridgehead atoms. The highest BCUT2D eigenvalue weighted by atomic mass is 16.2. The first-order valence-corrected chi connectivity index (χ1v) is 8.07. The Morgan fingerprint density at radius 3 is 2.57 bits per heavy atom. The van der Waals surface area contributed by atoms with Crippen LogP contribution in [-0.4, -0.2) is 30.3 Å². The molecule has 0 heterocycles. The maximum atomic E-state index is 12.5. The largest absolute Gasteiger partial charge is 0.335 e. The lowest BCUT2D eigenvalue weighted by molar-refractivity contribution is -0.139. The molecule has 1 aromatic carbocycles. The quantitative estimate of drug-likeness (QED) is 0.908. The average Bonchev–Trinajstić information content (AvgIpc) is 3.04. The van der Waals surface area contributed by atoms with E-state index in [2.05, 4.69) is 11.4 Å². The molecule has 23 heavy (non-hydrogen) atoms. The summed E-state index contributed by atoms with van der Waals surface area (Å²) in [5.41, 5.74) is 0.895. The van der Waals surface area contributed by atoms with Gasteiger partial charge in [-0.15, -0.1) is 0 Å². The van der Waals surface area contributed by atoms with Crippen molar-refractivity contribution in [3.05, 3.63) is 29.8 Å². The van der Waals surface area contributed by atoms with Crippen molar-refractivity contribution >= 4 is 17.5 Å². The number of hydrogen-bond donors (Lipinski definition) is 1. The van der Waals surface area contributed by atoms with Crippen LogP contribution in [0.1, 0.15) is 38.2 Å². The zero-order valence-electron chi connectivity index (χ0n) is 13.8. The molecule has 5 nitrogen and oxygen atoms in total. The number of carbonyl (C=O) groups excluding carboxylic acids is 2. The van der Waals surface area contributed by atoms with Crippen molar-refractivity contribution in [1.82, 2.24) is 4.90 Å². The van der Waals surface area contributed by atoms with Crippen molar-refractivity contribution < 1.29 is 9.59 Å². The van der Waals surface area contributed by atoms with E-state index >= 15 is 0 Å². The third-order valence-electron chi connectivity index (χ3n) is 4.48. The van der Waals surface area contributed by atoms with Gasteiger partial charge in [0.15, 0.2) is 0 Å². The summed E-state index contributed by atoms with van der Waals surface area (Å²) in [6.45, 7) is 1.98. The van der Waals surface area contributed by atoms with Gasteiger partial charge in [-0.1, -0.05) is 38.0 Å². The van der Waals surface area contributed by atoms with Crippen molar-refractivity contribution in [2.45, 2.75) is 39.0 Å². The summed E-state index contributed by atoms with van der Waals surface area (Å²) in [6, 6.07) is 9.80. The van der Waals surface area contributed by atoms with Crippen molar-refractivity contribution in [2.24, 2.45) is 5.41 Å². The van der Waals surface area contributed by atoms with E-state index in [1.54, 1.807) is 7.05 Å². The number of benzene rings is 1. The highest BCUT2D eigenvalue weighted by molar-refractivity contribution is 5.96. The van der Waals surface area contributed by atoms with Crippen LogP contribution in [0, 0.1) is 16.7 Å². The summed E-state index contributed by atoms with van der Waals surface area (Å²) in [6.07, 6.45) is 3.79. The Kier molecular flexibility index (Phi) is 5.38. The number of rotatable bonds is 5. The van der Waals surface area contributed by atoms with E-state index in [1.165, 1.54) is 4.90 Å². The zero-order valence-corrected chi connectivity index (χ0v) is 13.8. The molecular formula is C18H23N3O2. The van der Waals surface area contributed by atoms with E-state index in [4.69, 9.17) is 0 Å². The van der Waals surface area contributed by atoms with Crippen molar-refractivity contribution in [3.8, 4) is 6.07 Å². The fourth-order valence-corrected chi connectivity index (χ4v) is 3.14. The van der Waals surface area contributed by atoms with Crippen LogP contribution < -0.4 is 5.32 Å². The maximum absolute atomic E-state index is 12.5. The van der Waals surface area contributed by atoms with Gasteiger partial charge in [-0.2, -0.15) is 5.26 Å². The van der Waals surface area contributed by atoms with Crippen LogP contribution >= 0.6 is 0 Å². The summed E-state index contributed by atoms with van der Waals surface area (Å²) in [7, 11) is 1.59. The van der Waals surface area contributed by atoms with Crippen LogP contribution in [0.5, 0.6) is 0 Å². The zero-order chi connectivity index (χ0) is 16.9. The van der Waals surface area contributed by atoms with Crippen molar-refractivity contribution in [1.29, 1.82) is 5.26 Å². The SMILES string of the molecule is CCc1ccccc1NC(=O)CN(C)C(=O)C1(C#N)CCCC1. The first-order chi connectivity index (χ1) is 11.0. The highest BCUT2D eigenvalue weighted by Gasteiger charge is 2.43. The topological polar surface area (TPSA) is 73.2 Å². The summed E-state index contributed by atoms with van der Waals surface area (Å²) >= 11 is 0. The first kappa shape index (κ1) is 17.0. The van der Waals surface area contributed by atoms with Gasteiger partial charge in [0.05, 0.1) is 12.6 Å². The second-order valence-corrected chi connectivity index (χ2v) is 6.12. The molecule has 5 heteroatoms. The number of likely N-dealkylation sites (N-methyl/N-ethyl adjacent to an activating group) is 1. The molecule has 2 amide bonds. The lowest BCUT2D eigenvalue weighted by Crippen LogP contribution is -2.43. The molecule has 2 rings (SSSR count). The molecule has 1 aliphatic rings. The molecule has 0 aliphatic heterocycles. The molecule has 0 spiro atoms. The van der Waals surface area contributed by atoms with Crippen LogP contribution in [0.2, 0.25) is 0 Å². The van der Waals surface area contributed by atoms with Crippen LogP contribution in [0.15, 0.2) is 24.3 Å². The Bertz CT molecular complexity index is 627. The lowest BCUT2D eigenvalue weighted by Gasteiger charge is -2.26. The second-order valence-electron chi connectivity index (χ2n) is 6.12. The smallest absolute Gasteiger partial charge is 0.243 e. The molecule has 0 unspecified atom stereocenters. The monoisotopic (exact) mass is 313 g/mol. The molecule has 122 valence electrons. The minimum atomic E-state index is -0.934. The molecule has 0 atom stereocenters. The average molecular weight is 313 g/mol. The van der Waals surface area contributed by atoms with Gasteiger partial charge in [-0.05, 0) is 30.9 Å². The number of nitriles is 1. The van der Waals surface area contributed by atoms with Crippen LogP contribution in [0.3, 0.4) is 0 Å². The Balaban J connectivity index is 2.00. The Morgan fingerprint density at radius 2 is 1.96 bits per heavy atom. The second kappa shape index (κ2) is 7.28. The summed E-state index contributed by atoms with van der Waals surface area (Å²) in [4.78, 5) is 26.1. The highest BCUT2D eigenvalue weighted by Crippen LogP contribution is 2.38. The summed E-state index contributed by atoms with van der Waals surface area (Å²) < 4.78 is 0. The van der Waals surface area contributed by atoms with Gasteiger partial charge in [0.2, 0.25) is 11.8 Å². The normalized spacial score (nSPS) is 15.7. The third-order valence-corrected chi connectivity index (χ3v) is 4.48. The fourth-order valence-electron chi connectivity index (χ4n) is 3.14. The van der Waals surface area contributed by atoms with E-state index < -0.39 is 5.41 Å². The molecule has 0 saturated heterocycles. The van der Waals surface area contributed by atoms with Gasteiger partial charge in [-0.3, -0.25) is 9.59 Å². The number of aryl methyl sites for hydroxylation is 1. The van der Waals surface area contributed by atoms with E-state index in [0.29, 0.717) is 12.8 Å². The van der Waals surface area contributed by atoms with Gasteiger partial charge in [0.1, 0.15) is 5.41 Å². The number of nitrogens with zero attached hydrogens (tertiary/aromatic N) is 2. The molecule has 1 saturated carbocycles. The van der Waals surface area contributed by atoms with E-state index in [1.807, 2.05) is 31.2 Å². The molecule has 1 aliphatic carbocycles. The molecule has 1 fully saturated rings. The van der Waals surface area contributed by atoms with Gasteiger partial charge < -0.3 is 10.2 Å². The van der Waals surface area contributed by atoms with Crippen molar-refractivity contribution in [2.75, 3.05) is 18.9 Å². The van der Waals surface area contributed by atoms with Crippen LogP contribution in [0.4, 0.5) is 5.69 Å². The van der Waals surface area contributed by atoms with Crippen LogP contribution in [-0.2, 0) is 16.0 Å². The standard InChI is InChI=1S/C18H23N3O2/c1-3-14-8-4-5-9-15(14)20-16(22)12-21(2)17(23)18(13-19)10-6-7-11-18/h4-5,8-9H,3,6-7,10-12H2,1-2H3,(H,20,22). The molecule has 1 aromatic rings. The number of para-hydroxylation sites is 1. The summed E-state index contributed by atoms with van der Waals surface area (Å²) in [5, 5.41) is 12.2. The van der Waals surface area contributed by atoms with Gasteiger partial charge in [0.25, 0.3) is 0 Å². The lowest BCUT2D eigenvalue weighted by atomic mass is 9.86. The minimum Gasteiger partial charge on any atom is -0.335 e. The number of carbonyl (C=O) groups is 2. The van der Waals surface area contributed by atoms with Gasteiger partial charge in [-0.25, -0.2) is 0 Å². The predicted molar refractivity (Wildman–Crippen MR) is 88.6 cm³/mol. The number of anilines is 1. The maximum Gasteiger partial charge on any atom is 0.243 e. The Hall–Kier alpha value is -2.35. The molecular weight excluding hydrogens is 290 g/mol. The number of nitrogens with one attached hydrogen (secondary N) is 1. The van der Waals surface area contributed by atoms with Crippen LogP contribution in [0.25, 0.3) is 0 Å².